The zero-order chi connectivity index (χ0) is 9.26. The predicted octanol–water partition coefficient (Wildman–Crippen LogP) is 0.918. The minimum absolute atomic E-state index is 0.113. The van der Waals surface area contributed by atoms with Crippen molar-refractivity contribution in [3.63, 3.8) is 0 Å². The van der Waals surface area contributed by atoms with Crippen molar-refractivity contribution in [1.29, 1.82) is 0 Å². The largest absolute Gasteiger partial charge is 0.295 e. The van der Waals surface area contributed by atoms with Gasteiger partial charge in [-0.05, 0) is 19.3 Å². The number of hydrogen-bond donors (Lipinski definition) is 0. The fourth-order valence-corrected chi connectivity index (χ4v) is 1.73. The number of nitrogens with zero attached hydrogens (tertiary/aromatic N) is 2. The maximum absolute atomic E-state index is 11.7. The highest BCUT2D eigenvalue weighted by atomic mass is 16.1. The molecule has 0 saturated heterocycles. The Hall–Kier alpha value is -1.38. The summed E-state index contributed by atoms with van der Waals surface area (Å²) in [5.41, 5.74) is 2.01. The first-order valence-electron chi connectivity index (χ1n) is 4.51. The molecule has 0 unspecified atom stereocenters. The van der Waals surface area contributed by atoms with Gasteiger partial charge in [0.15, 0.2) is 0 Å². The molecule has 0 spiro atoms. The number of allylic oxidation sites excluding steroid dienone is 1. The normalized spacial score (nSPS) is 14.2. The Morgan fingerprint density at radius 3 is 3.23 bits per heavy atom. The Labute approximate surface area is 76.7 Å². The van der Waals surface area contributed by atoms with E-state index >= 15 is 0 Å². The van der Waals surface area contributed by atoms with Gasteiger partial charge in [-0.3, -0.25) is 9.36 Å². The van der Waals surface area contributed by atoms with Crippen LogP contribution in [0.2, 0.25) is 0 Å². The van der Waals surface area contributed by atoms with Crippen molar-refractivity contribution < 1.29 is 0 Å². The van der Waals surface area contributed by atoms with Gasteiger partial charge in [-0.2, -0.15) is 0 Å². The van der Waals surface area contributed by atoms with Gasteiger partial charge >= 0.3 is 0 Å². The molecular formula is C10H12N2O. The second-order valence-electron chi connectivity index (χ2n) is 3.27. The molecule has 0 amide bonds. The van der Waals surface area contributed by atoms with Crippen molar-refractivity contribution in [2.75, 3.05) is 0 Å². The van der Waals surface area contributed by atoms with Crippen molar-refractivity contribution in [2.24, 2.45) is 0 Å². The van der Waals surface area contributed by atoms with E-state index in [-0.39, 0.29) is 5.56 Å². The van der Waals surface area contributed by atoms with Gasteiger partial charge < -0.3 is 0 Å². The summed E-state index contributed by atoms with van der Waals surface area (Å²) in [6, 6.07) is 0. The van der Waals surface area contributed by atoms with E-state index in [9.17, 15) is 4.79 Å². The predicted molar refractivity (Wildman–Crippen MR) is 50.7 cm³/mol. The van der Waals surface area contributed by atoms with Crippen LogP contribution in [0.25, 0.3) is 0 Å². The van der Waals surface area contributed by atoms with Crippen LogP contribution in [-0.4, -0.2) is 9.55 Å². The Balaban J connectivity index is 2.52. The first-order chi connectivity index (χ1) is 6.33. The lowest BCUT2D eigenvalue weighted by molar-refractivity contribution is 0.738. The van der Waals surface area contributed by atoms with Crippen LogP contribution < -0.4 is 5.56 Å². The lowest BCUT2D eigenvalue weighted by atomic mass is 10.2. The summed E-state index contributed by atoms with van der Waals surface area (Å²) in [5, 5.41) is 0. The standard InChI is InChI=1S/C10H12N2O/c1-2-6-12-7-11-9-5-3-4-8(9)10(12)13/h2,7H,1,3-6H2. The molecule has 2 rings (SSSR count). The number of rotatable bonds is 2. The molecular weight excluding hydrogens is 164 g/mol. The summed E-state index contributed by atoms with van der Waals surface area (Å²) in [5.74, 6) is 0. The highest BCUT2D eigenvalue weighted by Crippen LogP contribution is 2.14. The maximum Gasteiger partial charge on any atom is 0.257 e. The topological polar surface area (TPSA) is 34.9 Å². The summed E-state index contributed by atoms with van der Waals surface area (Å²) in [7, 11) is 0. The van der Waals surface area contributed by atoms with E-state index in [4.69, 9.17) is 0 Å². The summed E-state index contributed by atoms with van der Waals surface area (Å²) in [6.07, 6.45) is 6.24. The van der Waals surface area contributed by atoms with E-state index in [0.717, 1.165) is 30.5 Å². The van der Waals surface area contributed by atoms with Crippen LogP contribution in [0, 0.1) is 0 Å². The van der Waals surface area contributed by atoms with E-state index in [0.29, 0.717) is 6.54 Å². The summed E-state index contributed by atoms with van der Waals surface area (Å²) >= 11 is 0. The second kappa shape index (κ2) is 3.17. The Kier molecular flexibility index (Phi) is 2.00. The molecule has 0 aliphatic heterocycles. The van der Waals surface area contributed by atoms with E-state index in [1.807, 2.05) is 0 Å². The van der Waals surface area contributed by atoms with Gasteiger partial charge in [0, 0.05) is 12.1 Å². The fourth-order valence-electron chi connectivity index (χ4n) is 1.73. The molecule has 0 aromatic carbocycles. The van der Waals surface area contributed by atoms with Gasteiger partial charge in [0.1, 0.15) is 0 Å². The molecule has 0 fully saturated rings. The maximum atomic E-state index is 11.7. The molecule has 0 saturated carbocycles. The van der Waals surface area contributed by atoms with Crippen LogP contribution in [0.1, 0.15) is 17.7 Å². The SMILES string of the molecule is C=CCn1cnc2c(c1=O)CCC2. The van der Waals surface area contributed by atoms with Gasteiger partial charge in [-0.25, -0.2) is 4.98 Å². The van der Waals surface area contributed by atoms with Crippen LogP contribution in [0.15, 0.2) is 23.8 Å². The van der Waals surface area contributed by atoms with Crippen molar-refractivity contribution in [3.05, 3.63) is 40.6 Å². The van der Waals surface area contributed by atoms with Crippen molar-refractivity contribution in [1.82, 2.24) is 9.55 Å². The van der Waals surface area contributed by atoms with Gasteiger partial charge in [-0.1, -0.05) is 6.08 Å². The molecule has 3 nitrogen and oxygen atoms in total. The average Bonchev–Trinajstić information content (AvgIpc) is 2.58. The molecule has 68 valence electrons. The van der Waals surface area contributed by atoms with Crippen molar-refractivity contribution in [3.8, 4) is 0 Å². The molecule has 1 heterocycles. The van der Waals surface area contributed by atoms with E-state index in [1.165, 1.54) is 0 Å². The molecule has 1 aromatic rings. The number of aryl methyl sites for hydroxylation is 1. The van der Waals surface area contributed by atoms with Crippen LogP contribution in [0.5, 0.6) is 0 Å². The van der Waals surface area contributed by atoms with Crippen LogP contribution >= 0.6 is 0 Å². The van der Waals surface area contributed by atoms with E-state index in [2.05, 4.69) is 11.6 Å². The van der Waals surface area contributed by atoms with Gasteiger partial charge in [0.05, 0.1) is 12.0 Å². The third-order valence-electron chi connectivity index (χ3n) is 2.39. The number of aromatic nitrogens is 2. The lowest BCUT2D eigenvalue weighted by Crippen LogP contribution is -2.23. The van der Waals surface area contributed by atoms with Gasteiger partial charge in [-0.15, -0.1) is 6.58 Å². The van der Waals surface area contributed by atoms with E-state index < -0.39 is 0 Å². The average molecular weight is 176 g/mol. The highest BCUT2D eigenvalue weighted by molar-refractivity contribution is 5.21. The quantitative estimate of drug-likeness (QED) is 0.628. The van der Waals surface area contributed by atoms with Crippen molar-refractivity contribution in [2.45, 2.75) is 25.8 Å². The van der Waals surface area contributed by atoms with Gasteiger partial charge in [0.2, 0.25) is 0 Å². The Morgan fingerprint density at radius 1 is 1.62 bits per heavy atom. The summed E-state index contributed by atoms with van der Waals surface area (Å²) < 4.78 is 1.61. The molecule has 3 heteroatoms. The monoisotopic (exact) mass is 176 g/mol. The van der Waals surface area contributed by atoms with Crippen LogP contribution in [0.4, 0.5) is 0 Å². The molecule has 1 aromatic heterocycles. The lowest BCUT2D eigenvalue weighted by Gasteiger charge is -2.03. The highest BCUT2D eigenvalue weighted by Gasteiger charge is 2.16. The van der Waals surface area contributed by atoms with Crippen molar-refractivity contribution >= 4 is 0 Å². The minimum atomic E-state index is 0.113. The number of hydrogen-bond acceptors (Lipinski definition) is 2. The van der Waals surface area contributed by atoms with E-state index in [1.54, 1.807) is 17.0 Å². The smallest absolute Gasteiger partial charge is 0.257 e. The minimum Gasteiger partial charge on any atom is -0.295 e. The summed E-state index contributed by atoms with van der Waals surface area (Å²) in [4.78, 5) is 16.0. The van der Waals surface area contributed by atoms with Gasteiger partial charge in [0.25, 0.3) is 5.56 Å². The molecule has 13 heavy (non-hydrogen) atoms. The third-order valence-corrected chi connectivity index (χ3v) is 2.39. The second-order valence-corrected chi connectivity index (χ2v) is 3.27. The number of fused-ring (bicyclic) bond motifs is 1. The first-order valence-corrected chi connectivity index (χ1v) is 4.51. The molecule has 1 aliphatic rings. The van der Waals surface area contributed by atoms with Crippen LogP contribution in [0.3, 0.4) is 0 Å². The molecule has 0 atom stereocenters. The molecule has 1 aliphatic carbocycles. The zero-order valence-corrected chi connectivity index (χ0v) is 7.49. The zero-order valence-electron chi connectivity index (χ0n) is 7.49. The third kappa shape index (κ3) is 1.30. The Bertz CT molecular complexity index is 392. The first kappa shape index (κ1) is 8.23. The fraction of sp³-hybridized carbons (Fsp3) is 0.400. The van der Waals surface area contributed by atoms with Crippen LogP contribution in [-0.2, 0) is 19.4 Å². The summed E-state index contributed by atoms with van der Waals surface area (Å²) in [6.45, 7) is 4.16. The molecule has 0 bridgehead atoms. The molecule has 0 N–H and O–H groups in total. The Morgan fingerprint density at radius 2 is 2.46 bits per heavy atom. The molecule has 0 radical (unpaired) electrons.